The molecule has 1 aliphatic heterocycles. The predicted molar refractivity (Wildman–Crippen MR) is 75.4 cm³/mol. The van der Waals surface area contributed by atoms with E-state index in [4.69, 9.17) is 0 Å². The zero-order valence-electron chi connectivity index (χ0n) is 11.5. The average molecular weight is 246 g/mol. The molecule has 1 aromatic rings. The van der Waals surface area contributed by atoms with Crippen molar-refractivity contribution < 1.29 is 4.79 Å². The Hall–Kier alpha value is -1.35. The first-order valence-corrected chi connectivity index (χ1v) is 6.60. The number of ketones is 1. The van der Waals surface area contributed by atoms with E-state index in [1.165, 1.54) is 0 Å². The lowest BCUT2D eigenvalue weighted by Crippen LogP contribution is -2.44. The lowest BCUT2D eigenvalue weighted by Gasteiger charge is -2.39. The monoisotopic (exact) mass is 246 g/mol. The van der Waals surface area contributed by atoms with Gasteiger partial charge in [-0.1, -0.05) is 12.1 Å². The number of carbonyl (C=O) groups is 1. The molecule has 1 aromatic carbocycles. The van der Waals surface area contributed by atoms with Gasteiger partial charge >= 0.3 is 0 Å². The molecule has 3 heteroatoms. The Balaban J connectivity index is 2.33. The topological polar surface area (TPSA) is 32.3 Å². The van der Waals surface area contributed by atoms with Gasteiger partial charge in [0.15, 0.2) is 5.78 Å². The Bertz CT molecular complexity index is 440. The number of rotatable bonds is 2. The highest BCUT2D eigenvalue weighted by molar-refractivity contribution is 5.95. The number of Topliss-reactive ketones (excluding diaryl/α,β-unsaturated/α-hetero) is 1. The highest BCUT2D eigenvalue weighted by Crippen LogP contribution is 2.28. The maximum absolute atomic E-state index is 11.5. The van der Waals surface area contributed by atoms with Crippen molar-refractivity contribution in [3.8, 4) is 0 Å². The van der Waals surface area contributed by atoms with E-state index < -0.39 is 0 Å². The number of hydrogen-bond donors (Lipinski definition) is 1. The van der Waals surface area contributed by atoms with Crippen LogP contribution in [0.25, 0.3) is 0 Å². The summed E-state index contributed by atoms with van der Waals surface area (Å²) in [5, 5.41) is 3.43. The Morgan fingerprint density at radius 3 is 2.83 bits per heavy atom. The van der Waals surface area contributed by atoms with E-state index in [0.29, 0.717) is 0 Å². The lowest BCUT2D eigenvalue weighted by atomic mass is 9.97. The van der Waals surface area contributed by atoms with Crippen molar-refractivity contribution in [1.29, 1.82) is 0 Å². The fraction of sp³-hybridized carbons (Fsp3) is 0.533. The molecule has 0 radical (unpaired) electrons. The zero-order chi connectivity index (χ0) is 13.2. The summed E-state index contributed by atoms with van der Waals surface area (Å²) in [6, 6.07) is 7.96. The number of carbonyl (C=O) groups excluding carboxylic acids is 1. The van der Waals surface area contributed by atoms with Gasteiger partial charge in [-0.15, -0.1) is 0 Å². The van der Waals surface area contributed by atoms with Crippen LogP contribution in [-0.2, 0) is 0 Å². The second-order valence-corrected chi connectivity index (χ2v) is 5.57. The molecule has 2 rings (SSSR count). The molecule has 3 nitrogen and oxygen atoms in total. The molecule has 0 aromatic heterocycles. The third-order valence-electron chi connectivity index (χ3n) is 3.72. The molecule has 18 heavy (non-hydrogen) atoms. The van der Waals surface area contributed by atoms with Crippen LogP contribution < -0.4 is 10.2 Å². The molecule has 0 aliphatic carbocycles. The van der Waals surface area contributed by atoms with Crippen LogP contribution in [0.15, 0.2) is 24.3 Å². The predicted octanol–water partition coefficient (Wildman–Crippen LogP) is 2.47. The van der Waals surface area contributed by atoms with Gasteiger partial charge in [-0.25, -0.2) is 0 Å². The highest BCUT2D eigenvalue weighted by Gasteiger charge is 2.28. The fourth-order valence-electron chi connectivity index (χ4n) is 2.52. The van der Waals surface area contributed by atoms with Crippen molar-refractivity contribution in [3.63, 3.8) is 0 Å². The smallest absolute Gasteiger partial charge is 0.159 e. The maximum atomic E-state index is 11.5. The minimum atomic E-state index is 0.124. The molecule has 1 saturated heterocycles. The molecule has 0 bridgehead atoms. The molecule has 0 amide bonds. The molecule has 98 valence electrons. The van der Waals surface area contributed by atoms with Gasteiger partial charge in [0.2, 0.25) is 0 Å². The third-order valence-corrected chi connectivity index (χ3v) is 3.72. The highest BCUT2D eigenvalue weighted by atomic mass is 16.1. The van der Waals surface area contributed by atoms with Crippen molar-refractivity contribution in [2.24, 2.45) is 0 Å². The van der Waals surface area contributed by atoms with Gasteiger partial charge in [0.05, 0.1) is 0 Å². The summed E-state index contributed by atoms with van der Waals surface area (Å²) in [5.41, 5.74) is 2.07. The maximum Gasteiger partial charge on any atom is 0.159 e. The summed E-state index contributed by atoms with van der Waals surface area (Å²) in [5.74, 6) is 0.127. The quantitative estimate of drug-likeness (QED) is 0.814. The average Bonchev–Trinajstić information content (AvgIpc) is 2.50. The Labute approximate surface area is 109 Å². The van der Waals surface area contributed by atoms with E-state index in [9.17, 15) is 4.79 Å². The van der Waals surface area contributed by atoms with Crippen LogP contribution in [-0.4, -0.2) is 31.0 Å². The normalized spacial score (nSPS) is 19.4. The minimum Gasteiger partial charge on any atom is -0.365 e. The fourth-order valence-corrected chi connectivity index (χ4v) is 2.52. The van der Waals surface area contributed by atoms with Crippen LogP contribution in [0.3, 0.4) is 0 Å². The van der Waals surface area contributed by atoms with Gasteiger partial charge in [-0.2, -0.15) is 0 Å². The summed E-state index contributed by atoms with van der Waals surface area (Å²) in [6.45, 7) is 9.17. The van der Waals surface area contributed by atoms with Crippen LogP contribution in [0, 0.1) is 0 Å². The second-order valence-electron chi connectivity index (χ2n) is 5.57. The number of hydrogen-bond acceptors (Lipinski definition) is 3. The second kappa shape index (κ2) is 5.11. The van der Waals surface area contributed by atoms with Crippen molar-refractivity contribution in [3.05, 3.63) is 29.8 Å². The van der Waals surface area contributed by atoms with E-state index in [1.807, 2.05) is 18.2 Å². The van der Waals surface area contributed by atoms with Crippen LogP contribution >= 0.6 is 0 Å². The summed E-state index contributed by atoms with van der Waals surface area (Å²) in [6.07, 6.45) is 1.11. The van der Waals surface area contributed by atoms with Crippen LogP contribution in [0.4, 0.5) is 5.69 Å². The van der Waals surface area contributed by atoms with Crippen LogP contribution in [0.1, 0.15) is 37.6 Å². The molecule has 0 atom stereocenters. The Morgan fingerprint density at radius 2 is 2.11 bits per heavy atom. The van der Waals surface area contributed by atoms with E-state index in [0.717, 1.165) is 37.3 Å². The van der Waals surface area contributed by atoms with E-state index in [1.54, 1.807) is 6.92 Å². The van der Waals surface area contributed by atoms with Crippen LogP contribution in [0.5, 0.6) is 0 Å². The van der Waals surface area contributed by atoms with E-state index >= 15 is 0 Å². The van der Waals surface area contributed by atoms with Gasteiger partial charge in [-0.3, -0.25) is 4.79 Å². The molecule has 0 saturated carbocycles. The van der Waals surface area contributed by atoms with Crippen molar-refractivity contribution in [2.75, 3.05) is 24.5 Å². The molecule has 0 spiro atoms. The lowest BCUT2D eigenvalue weighted by molar-refractivity contribution is 0.101. The number of benzene rings is 1. The Kier molecular flexibility index (Phi) is 3.71. The Morgan fingerprint density at radius 1 is 1.33 bits per heavy atom. The van der Waals surface area contributed by atoms with Gasteiger partial charge < -0.3 is 10.2 Å². The molecule has 1 aliphatic rings. The van der Waals surface area contributed by atoms with Gasteiger partial charge in [0, 0.05) is 29.9 Å². The van der Waals surface area contributed by atoms with Gasteiger partial charge in [-0.05, 0) is 45.9 Å². The zero-order valence-corrected chi connectivity index (χ0v) is 11.5. The van der Waals surface area contributed by atoms with Crippen molar-refractivity contribution in [1.82, 2.24) is 5.32 Å². The summed E-state index contributed by atoms with van der Waals surface area (Å²) in [7, 11) is 0. The number of anilines is 1. The molecule has 1 heterocycles. The SMILES string of the molecule is CC(=O)c1cccc(N2CCNCCC2(C)C)c1. The van der Waals surface area contributed by atoms with E-state index in [2.05, 4.69) is 30.1 Å². The molecule has 1 fully saturated rings. The molecule has 0 unspecified atom stereocenters. The van der Waals surface area contributed by atoms with Crippen LogP contribution in [0.2, 0.25) is 0 Å². The van der Waals surface area contributed by atoms with Gasteiger partial charge in [0.1, 0.15) is 0 Å². The standard InChI is InChI=1S/C15H22N2O/c1-12(18)13-5-4-6-14(11-13)17-10-9-16-8-7-15(17,2)3/h4-6,11,16H,7-10H2,1-3H3. The minimum absolute atomic E-state index is 0.124. The molecular weight excluding hydrogens is 224 g/mol. The van der Waals surface area contributed by atoms with Crippen molar-refractivity contribution >= 4 is 11.5 Å². The first kappa shape index (κ1) is 13.1. The van der Waals surface area contributed by atoms with Gasteiger partial charge in [0.25, 0.3) is 0 Å². The first-order valence-electron chi connectivity index (χ1n) is 6.60. The number of nitrogens with zero attached hydrogens (tertiary/aromatic N) is 1. The van der Waals surface area contributed by atoms with Crippen molar-refractivity contribution in [2.45, 2.75) is 32.7 Å². The number of nitrogens with one attached hydrogen (secondary N) is 1. The van der Waals surface area contributed by atoms with E-state index in [-0.39, 0.29) is 11.3 Å². The molecule has 1 N–H and O–H groups in total. The summed E-state index contributed by atoms with van der Waals surface area (Å²) < 4.78 is 0. The molecular formula is C15H22N2O. The third kappa shape index (κ3) is 2.72. The largest absolute Gasteiger partial charge is 0.365 e. The summed E-state index contributed by atoms with van der Waals surface area (Å²) >= 11 is 0. The first-order chi connectivity index (χ1) is 8.50. The summed E-state index contributed by atoms with van der Waals surface area (Å²) in [4.78, 5) is 13.9.